The normalized spacial score (nSPS) is 19.8. The lowest BCUT2D eigenvalue weighted by Gasteiger charge is -2.28. The van der Waals surface area contributed by atoms with Crippen molar-refractivity contribution >= 4 is 17.7 Å². The molecule has 1 fully saturated rings. The van der Waals surface area contributed by atoms with Crippen molar-refractivity contribution in [3.05, 3.63) is 35.9 Å². The van der Waals surface area contributed by atoms with Crippen LogP contribution in [0.2, 0.25) is 0 Å². The van der Waals surface area contributed by atoms with E-state index in [2.05, 4.69) is 41.5 Å². The van der Waals surface area contributed by atoms with Gasteiger partial charge < -0.3 is 10.2 Å². The molecule has 110 valence electrons. The molecule has 0 bridgehead atoms. The number of likely N-dealkylation sites (tertiary alicyclic amines) is 1. The summed E-state index contributed by atoms with van der Waals surface area (Å²) in [5.74, 6) is 2.41. The Labute approximate surface area is 126 Å². The van der Waals surface area contributed by atoms with Crippen LogP contribution >= 0.6 is 11.8 Å². The molecule has 0 saturated carbocycles. The second-order valence-corrected chi connectivity index (χ2v) is 6.54. The zero-order valence-electron chi connectivity index (χ0n) is 12.2. The van der Waals surface area contributed by atoms with Gasteiger partial charge in [0.1, 0.15) is 0 Å². The van der Waals surface area contributed by atoms with Gasteiger partial charge in [-0.3, -0.25) is 4.79 Å². The van der Waals surface area contributed by atoms with E-state index in [0.717, 1.165) is 44.0 Å². The fourth-order valence-electron chi connectivity index (χ4n) is 2.54. The number of thioether (sulfide) groups is 1. The first-order chi connectivity index (χ1) is 9.75. The molecule has 1 amide bonds. The minimum absolute atomic E-state index is 0.188. The van der Waals surface area contributed by atoms with Crippen molar-refractivity contribution in [2.24, 2.45) is 5.92 Å². The van der Waals surface area contributed by atoms with Gasteiger partial charge in [0, 0.05) is 24.6 Å². The van der Waals surface area contributed by atoms with Gasteiger partial charge in [-0.15, -0.1) is 0 Å². The largest absolute Gasteiger partial charge is 0.355 e. The average Bonchev–Trinajstić information content (AvgIpc) is 2.48. The van der Waals surface area contributed by atoms with Gasteiger partial charge >= 0.3 is 0 Å². The zero-order chi connectivity index (χ0) is 14.2. The van der Waals surface area contributed by atoms with Gasteiger partial charge in [0.05, 0.1) is 5.92 Å². The highest BCUT2D eigenvalue weighted by molar-refractivity contribution is 7.98. The molecule has 2 rings (SSSR count). The van der Waals surface area contributed by atoms with Gasteiger partial charge in [0.15, 0.2) is 0 Å². The van der Waals surface area contributed by atoms with E-state index in [9.17, 15) is 4.79 Å². The summed E-state index contributed by atoms with van der Waals surface area (Å²) in [4.78, 5) is 14.3. The molecule has 0 aromatic heterocycles. The van der Waals surface area contributed by atoms with Crippen molar-refractivity contribution < 1.29 is 4.79 Å². The Morgan fingerprint density at radius 2 is 2.20 bits per heavy atom. The number of amides is 1. The smallest absolute Gasteiger partial charge is 0.224 e. The average molecular weight is 292 g/mol. The van der Waals surface area contributed by atoms with Crippen LogP contribution in [0.15, 0.2) is 30.3 Å². The van der Waals surface area contributed by atoms with Crippen molar-refractivity contribution in [2.45, 2.75) is 18.6 Å². The Morgan fingerprint density at radius 3 is 2.95 bits per heavy atom. The summed E-state index contributed by atoms with van der Waals surface area (Å²) in [6, 6.07) is 10.5. The molecule has 1 aromatic rings. The Hall–Kier alpha value is -1.00. The number of carbonyl (C=O) groups is 1. The highest BCUT2D eigenvalue weighted by Gasteiger charge is 2.23. The summed E-state index contributed by atoms with van der Waals surface area (Å²) in [6.45, 7) is 2.80. The third kappa shape index (κ3) is 5.17. The van der Waals surface area contributed by atoms with Gasteiger partial charge in [-0.05, 0) is 32.0 Å². The molecule has 3 nitrogen and oxygen atoms in total. The van der Waals surface area contributed by atoms with E-state index in [1.54, 1.807) is 0 Å². The molecule has 1 heterocycles. The van der Waals surface area contributed by atoms with Crippen LogP contribution in [-0.4, -0.2) is 43.2 Å². The van der Waals surface area contributed by atoms with Crippen LogP contribution in [0.5, 0.6) is 0 Å². The molecule has 1 N–H and O–H groups in total. The summed E-state index contributed by atoms with van der Waals surface area (Å²) in [6.07, 6.45) is 2.17. The molecular formula is C16H24N2OS. The lowest BCUT2D eigenvalue weighted by molar-refractivity contribution is -0.126. The number of piperidine rings is 1. The van der Waals surface area contributed by atoms with Crippen LogP contribution in [0.3, 0.4) is 0 Å². The van der Waals surface area contributed by atoms with Gasteiger partial charge in [-0.2, -0.15) is 11.8 Å². The van der Waals surface area contributed by atoms with Crippen LogP contribution in [0, 0.1) is 5.92 Å². The molecular weight excluding hydrogens is 268 g/mol. The van der Waals surface area contributed by atoms with E-state index in [0.29, 0.717) is 0 Å². The number of nitrogens with one attached hydrogen (secondary N) is 1. The van der Waals surface area contributed by atoms with Gasteiger partial charge in [-0.25, -0.2) is 0 Å². The van der Waals surface area contributed by atoms with Crippen molar-refractivity contribution in [3.8, 4) is 0 Å². The van der Waals surface area contributed by atoms with Crippen molar-refractivity contribution in [3.63, 3.8) is 0 Å². The Bertz CT molecular complexity index is 410. The highest BCUT2D eigenvalue weighted by Crippen LogP contribution is 2.15. The SMILES string of the molecule is CN1CCC[C@@H](C(=O)NCCSCc2ccccc2)C1. The molecule has 1 aliphatic heterocycles. The van der Waals surface area contributed by atoms with Crippen molar-refractivity contribution in [1.82, 2.24) is 10.2 Å². The maximum absolute atomic E-state index is 12.0. The molecule has 1 aliphatic rings. The molecule has 4 heteroatoms. The standard InChI is InChI=1S/C16H24N2OS/c1-18-10-5-8-15(12-18)16(19)17-9-11-20-13-14-6-3-2-4-7-14/h2-4,6-7,15H,5,8-13H2,1H3,(H,17,19)/t15-/m1/s1. The van der Waals surface area contributed by atoms with Crippen molar-refractivity contribution in [1.29, 1.82) is 0 Å². The topological polar surface area (TPSA) is 32.3 Å². The fraction of sp³-hybridized carbons (Fsp3) is 0.562. The van der Waals surface area contributed by atoms with E-state index in [1.165, 1.54) is 5.56 Å². The minimum atomic E-state index is 0.188. The second-order valence-electron chi connectivity index (χ2n) is 5.43. The molecule has 0 radical (unpaired) electrons. The number of rotatable bonds is 6. The van der Waals surface area contributed by atoms with Crippen LogP contribution in [0.25, 0.3) is 0 Å². The molecule has 1 aromatic carbocycles. The Balaban J connectivity index is 1.57. The number of benzene rings is 1. The van der Waals surface area contributed by atoms with Crippen LogP contribution < -0.4 is 5.32 Å². The lowest BCUT2D eigenvalue weighted by Crippen LogP contribution is -2.41. The van der Waals surface area contributed by atoms with Crippen LogP contribution in [-0.2, 0) is 10.5 Å². The summed E-state index contributed by atoms with van der Waals surface area (Å²) < 4.78 is 0. The first-order valence-electron chi connectivity index (χ1n) is 7.33. The van der Waals surface area contributed by atoms with Gasteiger partial charge in [0.25, 0.3) is 0 Å². The van der Waals surface area contributed by atoms with E-state index in [1.807, 2.05) is 17.8 Å². The summed E-state index contributed by atoms with van der Waals surface area (Å²) >= 11 is 1.87. The van der Waals surface area contributed by atoms with E-state index < -0.39 is 0 Å². The number of hydrogen-bond acceptors (Lipinski definition) is 3. The van der Waals surface area contributed by atoms with Gasteiger partial charge in [0.2, 0.25) is 5.91 Å². The monoisotopic (exact) mass is 292 g/mol. The predicted octanol–water partition coefficient (Wildman–Crippen LogP) is 2.38. The third-order valence-corrected chi connectivity index (χ3v) is 4.68. The molecule has 0 aliphatic carbocycles. The molecule has 1 atom stereocenters. The van der Waals surface area contributed by atoms with E-state index in [4.69, 9.17) is 0 Å². The number of carbonyl (C=O) groups excluding carboxylic acids is 1. The molecule has 0 spiro atoms. The maximum atomic E-state index is 12.0. The second kappa shape index (κ2) is 8.32. The first kappa shape index (κ1) is 15.4. The van der Waals surface area contributed by atoms with Crippen LogP contribution in [0.1, 0.15) is 18.4 Å². The lowest BCUT2D eigenvalue weighted by atomic mass is 9.98. The fourth-order valence-corrected chi connectivity index (χ4v) is 3.35. The third-order valence-electron chi connectivity index (χ3n) is 3.65. The Morgan fingerprint density at radius 1 is 1.40 bits per heavy atom. The molecule has 1 saturated heterocycles. The maximum Gasteiger partial charge on any atom is 0.224 e. The predicted molar refractivity (Wildman–Crippen MR) is 85.8 cm³/mol. The highest BCUT2D eigenvalue weighted by atomic mass is 32.2. The van der Waals surface area contributed by atoms with Gasteiger partial charge in [-0.1, -0.05) is 30.3 Å². The summed E-state index contributed by atoms with van der Waals surface area (Å²) in [7, 11) is 2.09. The summed E-state index contributed by atoms with van der Waals surface area (Å²) in [5, 5.41) is 3.07. The van der Waals surface area contributed by atoms with Crippen LogP contribution in [0.4, 0.5) is 0 Å². The first-order valence-corrected chi connectivity index (χ1v) is 8.49. The number of nitrogens with zero attached hydrogens (tertiary/aromatic N) is 1. The zero-order valence-corrected chi connectivity index (χ0v) is 13.0. The van der Waals surface area contributed by atoms with E-state index in [-0.39, 0.29) is 11.8 Å². The summed E-state index contributed by atoms with van der Waals surface area (Å²) in [5.41, 5.74) is 1.35. The van der Waals surface area contributed by atoms with E-state index >= 15 is 0 Å². The number of hydrogen-bond donors (Lipinski definition) is 1. The molecule has 20 heavy (non-hydrogen) atoms. The van der Waals surface area contributed by atoms with Crippen molar-refractivity contribution in [2.75, 3.05) is 32.4 Å². The molecule has 0 unspecified atom stereocenters. The quantitative estimate of drug-likeness (QED) is 0.817. The minimum Gasteiger partial charge on any atom is -0.355 e. The Kier molecular flexibility index (Phi) is 6.40.